The highest BCUT2D eigenvalue weighted by atomic mass is 19.4. The van der Waals surface area contributed by atoms with Crippen molar-refractivity contribution in [2.24, 2.45) is 7.05 Å². The van der Waals surface area contributed by atoms with Gasteiger partial charge in [-0.15, -0.1) is 0 Å². The first-order chi connectivity index (χ1) is 11.8. The van der Waals surface area contributed by atoms with Crippen molar-refractivity contribution in [1.29, 1.82) is 0 Å². The number of carbonyl (C=O) groups excluding carboxylic acids is 1. The highest BCUT2D eigenvalue weighted by Crippen LogP contribution is 2.30. The number of rotatable bonds is 7. The van der Waals surface area contributed by atoms with Crippen LogP contribution in [0.2, 0.25) is 0 Å². The number of aryl methyl sites for hydroxylation is 1. The molecule has 0 aliphatic rings. The minimum atomic E-state index is -4.68. The summed E-state index contributed by atoms with van der Waals surface area (Å²) in [6.45, 7) is 0.493. The first-order valence-corrected chi connectivity index (χ1v) is 7.47. The van der Waals surface area contributed by atoms with Crippen LogP contribution >= 0.6 is 0 Å². The molecule has 0 fully saturated rings. The van der Waals surface area contributed by atoms with E-state index in [1.165, 1.54) is 7.05 Å². The molecule has 136 valence electrons. The Balaban J connectivity index is 1.79. The van der Waals surface area contributed by atoms with Gasteiger partial charge >= 0.3 is 6.18 Å². The third-order valence-electron chi connectivity index (χ3n) is 3.28. The second-order valence-electron chi connectivity index (χ2n) is 5.20. The average Bonchev–Trinajstić information content (AvgIpc) is 2.97. The van der Waals surface area contributed by atoms with Gasteiger partial charge in [0, 0.05) is 19.8 Å². The zero-order valence-corrected chi connectivity index (χ0v) is 13.8. The number of nitrogens with zero attached hydrogens (tertiary/aromatic N) is 2. The van der Waals surface area contributed by atoms with Gasteiger partial charge in [-0.2, -0.15) is 18.3 Å². The summed E-state index contributed by atoms with van der Waals surface area (Å²) >= 11 is 0. The number of aromatic nitrogens is 2. The Hall–Kier alpha value is -2.71. The molecule has 25 heavy (non-hydrogen) atoms. The monoisotopic (exact) mass is 357 g/mol. The van der Waals surface area contributed by atoms with Crippen LogP contribution in [0.15, 0.2) is 30.5 Å². The molecule has 2 aromatic rings. The van der Waals surface area contributed by atoms with Crippen molar-refractivity contribution in [1.82, 2.24) is 15.1 Å². The number of benzene rings is 1. The molecule has 1 aromatic heterocycles. The molecule has 1 aromatic carbocycles. The number of ether oxygens (including phenoxy) is 2. The maximum Gasteiger partial charge on any atom is 0.435 e. The topological polar surface area (TPSA) is 65.4 Å². The van der Waals surface area contributed by atoms with E-state index in [1.54, 1.807) is 31.4 Å². The van der Waals surface area contributed by atoms with Crippen LogP contribution in [0, 0.1) is 0 Å². The predicted molar refractivity (Wildman–Crippen MR) is 83.6 cm³/mol. The fourth-order valence-electron chi connectivity index (χ4n) is 2.10. The third-order valence-corrected chi connectivity index (χ3v) is 3.28. The molecule has 9 heteroatoms. The summed E-state index contributed by atoms with van der Waals surface area (Å²) in [4.78, 5) is 11.9. The number of nitrogens with one attached hydrogen (secondary N) is 1. The Morgan fingerprint density at radius 2 is 1.88 bits per heavy atom. The Bertz CT molecular complexity index is 712. The molecular weight excluding hydrogens is 339 g/mol. The SMILES string of the molecule is COc1ccc(OCCCNC(=O)c2cn(C)nc2C(F)(F)F)cc1. The normalized spacial score (nSPS) is 11.2. The molecule has 0 saturated carbocycles. The lowest BCUT2D eigenvalue weighted by molar-refractivity contribution is -0.141. The number of hydrogen-bond donors (Lipinski definition) is 1. The lowest BCUT2D eigenvalue weighted by atomic mass is 10.2. The summed E-state index contributed by atoms with van der Waals surface area (Å²) in [6.07, 6.45) is -3.18. The zero-order chi connectivity index (χ0) is 18.4. The molecule has 0 aliphatic heterocycles. The van der Waals surface area contributed by atoms with Crippen molar-refractivity contribution in [3.8, 4) is 11.5 Å². The van der Waals surface area contributed by atoms with Crippen molar-refractivity contribution in [3.05, 3.63) is 41.7 Å². The summed E-state index contributed by atoms with van der Waals surface area (Å²) in [5.74, 6) is 0.528. The van der Waals surface area contributed by atoms with E-state index >= 15 is 0 Å². The largest absolute Gasteiger partial charge is 0.497 e. The standard InChI is InChI=1S/C16H18F3N3O3/c1-22-10-13(14(21-22)16(17,18)19)15(23)20-8-3-9-25-12-6-4-11(24-2)5-7-12/h4-7,10H,3,8-9H2,1-2H3,(H,20,23). The number of carbonyl (C=O) groups is 1. The second-order valence-corrected chi connectivity index (χ2v) is 5.20. The number of halogens is 3. The Kier molecular flexibility index (Phi) is 5.89. The van der Waals surface area contributed by atoms with Gasteiger partial charge in [0.25, 0.3) is 5.91 Å². The molecule has 1 N–H and O–H groups in total. The molecule has 0 spiro atoms. The predicted octanol–water partition coefficient (Wildman–Crippen LogP) is 2.65. The van der Waals surface area contributed by atoms with Crippen molar-refractivity contribution in [2.75, 3.05) is 20.3 Å². The summed E-state index contributed by atoms with van der Waals surface area (Å²) in [5.41, 5.74) is -1.69. The first kappa shape index (κ1) is 18.6. The minimum Gasteiger partial charge on any atom is -0.497 e. The number of methoxy groups -OCH3 is 1. The van der Waals surface area contributed by atoms with Gasteiger partial charge in [-0.1, -0.05) is 0 Å². The molecule has 0 saturated heterocycles. The van der Waals surface area contributed by atoms with E-state index < -0.39 is 23.3 Å². The van der Waals surface area contributed by atoms with Crippen LogP contribution in [0.4, 0.5) is 13.2 Å². The maximum absolute atomic E-state index is 12.8. The molecule has 1 heterocycles. The van der Waals surface area contributed by atoms with Crippen LogP contribution in [0.3, 0.4) is 0 Å². The number of alkyl halides is 3. The van der Waals surface area contributed by atoms with E-state index in [-0.39, 0.29) is 6.54 Å². The van der Waals surface area contributed by atoms with Gasteiger partial charge in [0.15, 0.2) is 5.69 Å². The lowest BCUT2D eigenvalue weighted by Gasteiger charge is -2.09. The van der Waals surface area contributed by atoms with Crippen molar-refractivity contribution >= 4 is 5.91 Å². The average molecular weight is 357 g/mol. The van der Waals surface area contributed by atoms with E-state index in [2.05, 4.69) is 10.4 Å². The summed E-state index contributed by atoms with van der Waals surface area (Å²) in [6, 6.07) is 6.97. The van der Waals surface area contributed by atoms with Gasteiger partial charge < -0.3 is 14.8 Å². The van der Waals surface area contributed by atoms with Crippen LogP contribution in [-0.4, -0.2) is 35.9 Å². The van der Waals surface area contributed by atoms with Crippen LogP contribution in [0.25, 0.3) is 0 Å². The Labute approximate surface area is 142 Å². The van der Waals surface area contributed by atoms with Crippen LogP contribution in [0.5, 0.6) is 11.5 Å². The van der Waals surface area contributed by atoms with Gasteiger partial charge in [-0.05, 0) is 30.7 Å². The Morgan fingerprint density at radius 3 is 2.48 bits per heavy atom. The van der Waals surface area contributed by atoms with E-state index in [4.69, 9.17) is 9.47 Å². The van der Waals surface area contributed by atoms with E-state index in [1.807, 2.05) is 0 Å². The number of hydrogen-bond acceptors (Lipinski definition) is 4. The van der Waals surface area contributed by atoms with Gasteiger partial charge in [0.05, 0.1) is 19.3 Å². The maximum atomic E-state index is 12.8. The van der Waals surface area contributed by atoms with Crippen molar-refractivity contribution < 1.29 is 27.4 Å². The van der Waals surface area contributed by atoms with E-state index in [0.717, 1.165) is 10.9 Å². The van der Waals surface area contributed by atoms with Crippen molar-refractivity contribution in [2.45, 2.75) is 12.6 Å². The van der Waals surface area contributed by atoms with Crippen molar-refractivity contribution in [3.63, 3.8) is 0 Å². The van der Waals surface area contributed by atoms with E-state index in [0.29, 0.717) is 24.5 Å². The molecular formula is C16H18F3N3O3. The molecule has 6 nitrogen and oxygen atoms in total. The zero-order valence-electron chi connectivity index (χ0n) is 13.8. The molecule has 2 rings (SSSR count). The summed E-state index contributed by atoms with van der Waals surface area (Å²) < 4.78 is 49.9. The van der Waals surface area contributed by atoms with Crippen LogP contribution in [0.1, 0.15) is 22.5 Å². The minimum absolute atomic E-state index is 0.182. The quantitative estimate of drug-likeness (QED) is 0.774. The molecule has 1 amide bonds. The molecule has 0 unspecified atom stereocenters. The van der Waals surface area contributed by atoms with Gasteiger partial charge in [0.2, 0.25) is 0 Å². The molecule has 0 bridgehead atoms. The van der Waals surface area contributed by atoms with E-state index in [9.17, 15) is 18.0 Å². The summed E-state index contributed by atoms with van der Waals surface area (Å²) in [5, 5.41) is 5.73. The molecule has 0 aliphatic carbocycles. The summed E-state index contributed by atoms with van der Waals surface area (Å²) in [7, 11) is 2.89. The van der Waals surface area contributed by atoms with Gasteiger partial charge in [0.1, 0.15) is 11.5 Å². The van der Waals surface area contributed by atoms with Gasteiger partial charge in [-0.25, -0.2) is 0 Å². The smallest absolute Gasteiger partial charge is 0.435 e. The fourth-order valence-corrected chi connectivity index (χ4v) is 2.10. The van der Waals surface area contributed by atoms with Crippen LogP contribution in [-0.2, 0) is 13.2 Å². The fraction of sp³-hybridized carbons (Fsp3) is 0.375. The molecule has 0 radical (unpaired) electrons. The highest BCUT2D eigenvalue weighted by Gasteiger charge is 2.38. The number of amides is 1. The van der Waals surface area contributed by atoms with Crippen LogP contribution < -0.4 is 14.8 Å². The second kappa shape index (κ2) is 7.91. The van der Waals surface area contributed by atoms with Gasteiger partial charge in [-0.3, -0.25) is 9.48 Å². The third kappa shape index (κ3) is 5.13. The molecule has 0 atom stereocenters. The lowest BCUT2D eigenvalue weighted by Crippen LogP contribution is -2.27. The Morgan fingerprint density at radius 1 is 1.24 bits per heavy atom. The highest BCUT2D eigenvalue weighted by molar-refractivity contribution is 5.95. The first-order valence-electron chi connectivity index (χ1n) is 7.47.